The summed E-state index contributed by atoms with van der Waals surface area (Å²) < 4.78 is 0.604. The number of rotatable bonds is 3. The molecule has 0 radical (unpaired) electrons. The molecule has 118 valence electrons. The van der Waals surface area contributed by atoms with Crippen LogP contribution < -0.4 is 5.56 Å². The summed E-state index contributed by atoms with van der Waals surface area (Å²) in [6.45, 7) is 0.238. The number of nitrogens with zero attached hydrogens (tertiary/aromatic N) is 3. The SMILES string of the molecule is CN(Cc1nc2ccsc2c(=O)[nH]1)C(=O)c1n[nH]c2c1CCC2. The molecular formula is C15H15N5O2S. The van der Waals surface area contributed by atoms with Gasteiger partial charge in [0.25, 0.3) is 11.5 Å². The van der Waals surface area contributed by atoms with Crippen LogP contribution >= 0.6 is 11.3 Å². The summed E-state index contributed by atoms with van der Waals surface area (Å²) in [6.07, 6.45) is 2.89. The second kappa shape index (κ2) is 5.31. The highest BCUT2D eigenvalue weighted by molar-refractivity contribution is 7.17. The van der Waals surface area contributed by atoms with E-state index in [0.29, 0.717) is 21.7 Å². The first-order chi connectivity index (χ1) is 11.1. The summed E-state index contributed by atoms with van der Waals surface area (Å²) in [5, 5.41) is 8.93. The standard InChI is InChI=1S/C15H15N5O2S/c1-20(15(22)12-8-3-2-4-9(8)18-19-12)7-11-16-10-5-6-23-13(10)14(21)17-11/h5-6H,2-4,7H2,1H3,(H,18,19)(H,16,17,21). The van der Waals surface area contributed by atoms with Crippen molar-refractivity contribution in [2.45, 2.75) is 25.8 Å². The maximum Gasteiger partial charge on any atom is 0.274 e. The highest BCUT2D eigenvalue weighted by Crippen LogP contribution is 2.23. The largest absolute Gasteiger partial charge is 0.333 e. The Bertz CT molecular complexity index is 954. The fraction of sp³-hybridized carbons (Fsp3) is 0.333. The zero-order chi connectivity index (χ0) is 16.0. The van der Waals surface area contributed by atoms with E-state index in [2.05, 4.69) is 20.2 Å². The molecule has 8 heteroatoms. The molecule has 1 amide bonds. The van der Waals surface area contributed by atoms with Crippen LogP contribution in [0.4, 0.5) is 0 Å². The van der Waals surface area contributed by atoms with Crippen molar-refractivity contribution in [1.29, 1.82) is 0 Å². The molecule has 3 heterocycles. The van der Waals surface area contributed by atoms with Gasteiger partial charge in [-0.2, -0.15) is 5.10 Å². The molecule has 0 fully saturated rings. The number of H-pyrrole nitrogens is 2. The van der Waals surface area contributed by atoms with Crippen LogP contribution in [0.5, 0.6) is 0 Å². The van der Waals surface area contributed by atoms with E-state index in [0.717, 1.165) is 30.5 Å². The third kappa shape index (κ3) is 2.35. The Morgan fingerprint density at radius 3 is 3.17 bits per heavy atom. The van der Waals surface area contributed by atoms with Gasteiger partial charge in [-0.1, -0.05) is 0 Å². The van der Waals surface area contributed by atoms with Crippen LogP contribution in [0.25, 0.3) is 10.2 Å². The van der Waals surface area contributed by atoms with Crippen molar-refractivity contribution in [3.05, 3.63) is 44.6 Å². The van der Waals surface area contributed by atoms with E-state index in [1.807, 2.05) is 5.38 Å². The third-order valence-corrected chi connectivity index (χ3v) is 5.01. The van der Waals surface area contributed by atoms with Crippen LogP contribution in [-0.2, 0) is 19.4 Å². The normalized spacial score (nSPS) is 13.4. The smallest absolute Gasteiger partial charge is 0.274 e. The van der Waals surface area contributed by atoms with Crippen molar-refractivity contribution < 1.29 is 4.79 Å². The molecule has 0 aromatic carbocycles. The molecule has 0 unspecified atom stereocenters. The molecular weight excluding hydrogens is 314 g/mol. The molecule has 23 heavy (non-hydrogen) atoms. The fourth-order valence-electron chi connectivity index (χ4n) is 2.97. The number of fused-ring (bicyclic) bond motifs is 2. The number of amides is 1. The number of nitrogens with one attached hydrogen (secondary N) is 2. The van der Waals surface area contributed by atoms with Crippen molar-refractivity contribution in [2.24, 2.45) is 0 Å². The monoisotopic (exact) mass is 329 g/mol. The Morgan fingerprint density at radius 1 is 1.43 bits per heavy atom. The van der Waals surface area contributed by atoms with E-state index >= 15 is 0 Å². The second-order valence-corrected chi connectivity index (χ2v) is 6.61. The first kappa shape index (κ1) is 14.1. The predicted octanol–water partition coefficient (Wildman–Crippen LogP) is 1.47. The average Bonchev–Trinajstić information content (AvgIpc) is 3.22. The number of thiophene rings is 1. The van der Waals surface area contributed by atoms with E-state index in [1.165, 1.54) is 16.2 Å². The van der Waals surface area contributed by atoms with Crippen LogP contribution in [-0.4, -0.2) is 38.0 Å². The minimum atomic E-state index is -0.165. The van der Waals surface area contributed by atoms with E-state index in [1.54, 1.807) is 13.1 Å². The van der Waals surface area contributed by atoms with E-state index < -0.39 is 0 Å². The van der Waals surface area contributed by atoms with Gasteiger partial charge < -0.3 is 9.88 Å². The minimum absolute atomic E-state index is 0.155. The van der Waals surface area contributed by atoms with Gasteiger partial charge in [-0.25, -0.2) is 4.98 Å². The third-order valence-electron chi connectivity index (χ3n) is 4.11. The number of aromatic amines is 2. The van der Waals surface area contributed by atoms with Crippen molar-refractivity contribution in [2.75, 3.05) is 7.05 Å². The Balaban J connectivity index is 1.59. The number of carbonyl (C=O) groups is 1. The van der Waals surface area contributed by atoms with Crippen molar-refractivity contribution in [3.8, 4) is 0 Å². The first-order valence-electron chi connectivity index (χ1n) is 7.41. The first-order valence-corrected chi connectivity index (χ1v) is 8.29. The lowest BCUT2D eigenvalue weighted by Crippen LogP contribution is -2.29. The van der Waals surface area contributed by atoms with E-state index in [4.69, 9.17) is 0 Å². The molecule has 0 saturated heterocycles. The maximum atomic E-state index is 12.6. The van der Waals surface area contributed by atoms with Crippen molar-refractivity contribution in [3.63, 3.8) is 0 Å². The number of hydrogen-bond acceptors (Lipinski definition) is 5. The van der Waals surface area contributed by atoms with Gasteiger partial charge in [0, 0.05) is 18.3 Å². The maximum absolute atomic E-state index is 12.6. The molecule has 3 aromatic heterocycles. The predicted molar refractivity (Wildman–Crippen MR) is 86.7 cm³/mol. The van der Waals surface area contributed by atoms with Gasteiger partial charge in [-0.15, -0.1) is 11.3 Å². The summed E-state index contributed by atoms with van der Waals surface area (Å²) in [6, 6.07) is 1.81. The molecule has 4 rings (SSSR count). The fourth-order valence-corrected chi connectivity index (χ4v) is 3.70. The summed E-state index contributed by atoms with van der Waals surface area (Å²) in [5.41, 5.74) is 3.07. The van der Waals surface area contributed by atoms with Gasteiger partial charge in [0.05, 0.1) is 12.1 Å². The van der Waals surface area contributed by atoms with Gasteiger partial charge in [0.15, 0.2) is 5.69 Å². The molecule has 0 atom stereocenters. The van der Waals surface area contributed by atoms with E-state index in [9.17, 15) is 9.59 Å². The Morgan fingerprint density at radius 2 is 2.30 bits per heavy atom. The second-order valence-electron chi connectivity index (χ2n) is 5.69. The molecule has 1 aliphatic carbocycles. The van der Waals surface area contributed by atoms with Crippen LogP contribution in [0.1, 0.15) is 34.0 Å². The molecule has 0 spiro atoms. The molecule has 7 nitrogen and oxygen atoms in total. The molecule has 3 aromatic rings. The van der Waals surface area contributed by atoms with Gasteiger partial charge in [0.1, 0.15) is 10.5 Å². The molecule has 1 aliphatic rings. The highest BCUT2D eigenvalue weighted by Gasteiger charge is 2.25. The number of aryl methyl sites for hydroxylation is 1. The van der Waals surface area contributed by atoms with Gasteiger partial charge in [-0.05, 0) is 30.7 Å². The van der Waals surface area contributed by atoms with E-state index in [-0.39, 0.29) is 18.0 Å². The lowest BCUT2D eigenvalue weighted by molar-refractivity contribution is 0.0774. The number of carbonyl (C=O) groups excluding carboxylic acids is 1. The molecule has 0 bridgehead atoms. The van der Waals surface area contributed by atoms with Crippen LogP contribution in [0.3, 0.4) is 0 Å². The zero-order valence-corrected chi connectivity index (χ0v) is 13.4. The average molecular weight is 329 g/mol. The summed E-state index contributed by atoms with van der Waals surface area (Å²) >= 11 is 1.36. The van der Waals surface area contributed by atoms with Gasteiger partial charge in [-0.3, -0.25) is 14.7 Å². The van der Waals surface area contributed by atoms with Crippen molar-refractivity contribution >= 4 is 27.5 Å². The number of hydrogen-bond donors (Lipinski definition) is 2. The summed E-state index contributed by atoms with van der Waals surface area (Å²) in [5.74, 6) is 0.321. The molecule has 0 aliphatic heterocycles. The Kier molecular flexibility index (Phi) is 3.26. The summed E-state index contributed by atoms with van der Waals surface area (Å²) in [4.78, 5) is 33.3. The van der Waals surface area contributed by atoms with Crippen molar-refractivity contribution in [1.82, 2.24) is 25.1 Å². The van der Waals surface area contributed by atoms with Gasteiger partial charge in [0.2, 0.25) is 0 Å². The van der Waals surface area contributed by atoms with Gasteiger partial charge >= 0.3 is 0 Å². The minimum Gasteiger partial charge on any atom is -0.333 e. The highest BCUT2D eigenvalue weighted by atomic mass is 32.1. The van der Waals surface area contributed by atoms with Crippen LogP contribution in [0.2, 0.25) is 0 Å². The zero-order valence-electron chi connectivity index (χ0n) is 12.5. The molecule has 2 N–H and O–H groups in total. The summed E-state index contributed by atoms with van der Waals surface area (Å²) in [7, 11) is 1.69. The lowest BCUT2D eigenvalue weighted by atomic mass is 10.2. The molecule has 0 saturated carbocycles. The Labute approximate surface area is 135 Å². The van der Waals surface area contributed by atoms with Crippen LogP contribution in [0.15, 0.2) is 16.2 Å². The lowest BCUT2D eigenvalue weighted by Gasteiger charge is -2.15. The van der Waals surface area contributed by atoms with Crippen LogP contribution in [0, 0.1) is 0 Å². The number of aromatic nitrogens is 4. The topological polar surface area (TPSA) is 94.7 Å². The Hall–Kier alpha value is -2.48. The quantitative estimate of drug-likeness (QED) is 0.761.